The van der Waals surface area contributed by atoms with E-state index in [9.17, 15) is 0 Å². The summed E-state index contributed by atoms with van der Waals surface area (Å²) in [7, 11) is 0. The van der Waals surface area contributed by atoms with Gasteiger partial charge in [-0.05, 0) is 55.7 Å². The van der Waals surface area contributed by atoms with Gasteiger partial charge in [0.25, 0.3) is 0 Å². The summed E-state index contributed by atoms with van der Waals surface area (Å²) in [5.74, 6) is 1.59. The second-order valence-electron chi connectivity index (χ2n) is 4.84. The molecule has 0 fully saturated rings. The summed E-state index contributed by atoms with van der Waals surface area (Å²) in [5, 5.41) is 0.675. The van der Waals surface area contributed by atoms with Crippen molar-refractivity contribution in [3.05, 3.63) is 58.6 Å². The van der Waals surface area contributed by atoms with Crippen LogP contribution in [0.5, 0.6) is 11.5 Å². The zero-order valence-electron chi connectivity index (χ0n) is 11.2. The van der Waals surface area contributed by atoms with Gasteiger partial charge in [0.1, 0.15) is 11.5 Å². The molecule has 2 rings (SSSR count). The van der Waals surface area contributed by atoms with Gasteiger partial charge < -0.3 is 10.5 Å². The molecule has 3 heteroatoms. The number of benzene rings is 2. The van der Waals surface area contributed by atoms with Crippen LogP contribution in [0.15, 0.2) is 42.5 Å². The quantitative estimate of drug-likeness (QED) is 0.901. The fourth-order valence-electron chi connectivity index (χ4n) is 1.88. The Balaban J connectivity index is 2.13. The van der Waals surface area contributed by atoms with E-state index in [1.807, 2.05) is 56.3 Å². The number of halogens is 1. The third-order valence-electron chi connectivity index (χ3n) is 2.86. The van der Waals surface area contributed by atoms with E-state index in [1.54, 1.807) is 0 Å². The molecular weight excluding hydrogens is 258 g/mol. The van der Waals surface area contributed by atoms with Gasteiger partial charge in [-0.3, -0.25) is 0 Å². The third kappa shape index (κ3) is 3.98. The monoisotopic (exact) mass is 275 g/mol. The van der Waals surface area contributed by atoms with E-state index in [2.05, 4.69) is 0 Å². The second-order valence-corrected chi connectivity index (χ2v) is 5.27. The van der Waals surface area contributed by atoms with E-state index in [0.29, 0.717) is 5.02 Å². The first kappa shape index (κ1) is 13.9. The van der Waals surface area contributed by atoms with Crippen molar-refractivity contribution in [1.29, 1.82) is 0 Å². The topological polar surface area (TPSA) is 35.2 Å². The highest BCUT2D eigenvalue weighted by Crippen LogP contribution is 2.28. The molecule has 0 aliphatic rings. The Bertz CT molecular complexity index is 549. The van der Waals surface area contributed by atoms with Crippen molar-refractivity contribution in [2.24, 2.45) is 5.73 Å². The Morgan fingerprint density at radius 2 is 1.84 bits per heavy atom. The largest absolute Gasteiger partial charge is 0.457 e. The smallest absolute Gasteiger partial charge is 0.131 e. The number of rotatable bonds is 4. The van der Waals surface area contributed by atoms with Gasteiger partial charge in [0.05, 0.1) is 0 Å². The van der Waals surface area contributed by atoms with E-state index in [0.717, 1.165) is 23.5 Å². The highest BCUT2D eigenvalue weighted by atomic mass is 35.5. The Labute approximate surface area is 119 Å². The Kier molecular flexibility index (Phi) is 4.46. The molecule has 1 unspecified atom stereocenters. The van der Waals surface area contributed by atoms with Crippen LogP contribution in [0.1, 0.15) is 18.1 Å². The predicted molar refractivity (Wildman–Crippen MR) is 80.1 cm³/mol. The number of aryl methyl sites for hydroxylation is 1. The number of nitrogens with two attached hydrogens (primary N) is 1. The van der Waals surface area contributed by atoms with Crippen molar-refractivity contribution < 1.29 is 4.74 Å². The summed E-state index contributed by atoms with van der Waals surface area (Å²) < 4.78 is 5.83. The summed E-state index contributed by atoms with van der Waals surface area (Å²) in [6.07, 6.45) is 0.872. The van der Waals surface area contributed by atoms with E-state index >= 15 is 0 Å². The molecule has 1 atom stereocenters. The van der Waals surface area contributed by atoms with Crippen LogP contribution in [0.2, 0.25) is 5.02 Å². The predicted octanol–water partition coefficient (Wildman–Crippen LogP) is 4.33. The fourth-order valence-corrected chi connectivity index (χ4v) is 2.04. The van der Waals surface area contributed by atoms with Gasteiger partial charge in [-0.2, -0.15) is 0 Å². The molecule has 0 amide bonds. The van der Waals surface area contributed by atoms with E-state index in [-0.39, 0.29) is 6.04 Å². The molecule has 2 nitrogen and oxygen atoms in total. The third-order valence-corrected chi connectivity index (χ3v) is 3.09. The van der Waals surface area contributed by atoms with E-state index in [4.69, 9.17) is 22.1 Å². The molecule has 2 aromatic carbocycles. The molecule has 0 saturated carbocycles. The van der Waals surface area contributed by atoms with Crippen molar-refractivity contribution in [3.63, 3.8) is 0 Å². The van der Waals surface area contributed by atoms with Crippen molar-refractivity contribution in [2.45, 2.75) is 26.3 Å². The van der Waals surface area contributed by atoms with Gasteiger partial charge in [0.15, 0.2) is 0 Å². The molecule has 0 radical (unpaired) electrons. The Morgan fingerprint density at radius 3 is 2.47 bits per heavy atom. The van der Waals surface area contributed by atoms with Crippen molar-refractivity contribution in [3.8, 4) is 11.5 Å². The summed E-state index contributed by atoms with van der Waals surface area (Å²) >= 11 is 5.97. The van der Waals surface area contributed by atoms with E-state index < -0.39 is 0 Å². The maximum Gasteiger partial charge on any atom is 0.131 e. The molecule has 0 bridgehead atoms. The van der Waals surface area contributed by atoms with Crippen LogP contribution in [0.25, 0.3) is 0 Å². The molecule has 0 aromatic heterocycles. The van der Waals surface area contributed by atoms with Gasteiger partial charge in [-0.25, -0.2) is 0 Å². The molecule has 100 valence electrons. The lowest BCUT2D eigenvalue weighted by atomic mass is 10.1. The van der Waals surface area contributed by atoms with Crippen LogP contribution >= 0.6 is 11.6 Å². The van der Waals surface area contributed by atoms with Crippen molar-refractivity contribution >= 4 is 11.6 Å². The van der Waals surface area contributed by atoms with Gasteiger partial charge in [0, 0.05) is 11.1 Å². The van der Waals surface area contributed by atoms with Crippen LogP contribution in [-0.2, 0) is 6.42 Å². The average Bonchev–Trinajstić information content (AvgIpc) is 2.35. The summed E-state index contributed by atoms with van der Waals surface area (Å²) in [6, 6.07) is 13.8. The molecule has 0 aliphatic carbocycles. The number of hydrogen-bond acceptors (Lipinski definition) is 2. The van der Waals surface area contributed by atoms with Crippen LogP contribution in [0, 0.1) is 6.92 Å². The molecule has 0 heterocycles. The van der Waals surface area contributed by atoms with Crippen molar-refractivity contribution in [2.75, 3.05) is 0 Å². The average molecular weight is 276 g/mol. The van der Waals surface area contributed by atoms with Crippen LogP contribution in [-0.4, -0.2) is 6.04 Å². The normalized spacial score (nSPS) is 12.2. The molecule has 2 N–H and O–H groups in total. The lowest BCUT2D eigenvalue weighted by Gasteiger charge is -2.10. The molecule has 0 spiro atoms. The zero-order chi connectivity index (χ0) is 13.8. The van der Waals surface area contributed by atoms with Gasteiger partial charge in [-0.15, -0.1) is 0 Å². The van der Waals surface area contributed by atoms with Gasteiger partial charge in [0.2, 0.25) is 0 Å². The first-order chi connectivity index (χ1) is 9.04. The zero-order valence-corrected chi connectivity index (χ0v) is 11.9. The highest BCUT2D eigenvalue weighted by molar-refractivity contribution is 6.30. The lowest BCUT2D eigenvalue weighted by Crippen LogP contribution is -2.17. The molecule has 2 aromatic rings. The first-order valence-electron chi connectivity index (χ1n) is 6.33. The summed E-state index contributed by atoms with van der Waals surface area (Å²) in [6.45, 7) is 4.00. The van der Waals surface area contributed by atoms with E-state index in [1.165, 1.54) is 5.56 Å². The van der Waals surface area contributed by atoms with Gasteiger partial charge >= 0.3 is 0 Å². The Hall–Kier alpha value is -1.51. The SMILES string of the molecule is Cc1ccc(Cl)cc1Oc1ccc(CC(C)N)cc1. The maximum atomic E-state index is 5.97. The minimum Gasteiger partial charge on any atom is -0.457 e. The number of ether oxygens (including phenoxy) is 1. The standard InChI is InChI=1S/C16H18ClNO/c1-11-3-6-14(17)10-16(11)19-15-7-4-13(5-8-15)9-12(2)18/h3-8,10,12H,9,18H2,1-2H3. The van der Waals surface area contributed by atoms with Crippen LogP contribution < -0.4 is 10.5 Å². The molecule has 19 heavy (non-hydrogen) atoms. The second kappa shape index (κ2) is 6.09. The van der Waals surface area contributed by atoms with Crippen LogP contribution in [0.4, 0.5) is 0 Å². The minimum absolute atomic E-state index is 0.168. The fraction of sp³-hybridized carbons (Fsp3) is 0.250. The Morgan fingerprint density at radius 1 is 1.16 bits per heavy atom. The first-order valence-corrected chi connectivity index (χ1v) is 6.71. The molecule has 0 saturated heterocycles. The molecular formula is C16H18ClNO. The molecule has 0 aliphatic heterocycles. The number of hydrogen-bond donors (Lipinski definition) is 1. The van der Waals surface area contributed by atoms with Crippen molar-refractivity contribution in [1.82, 2.24) is 0 Å². The summed E-state index contributed by atoms with van der Waals surface area (Å²) in [4.78, 5) is 0. The van der Waals surface area contributed by atoms with Gasteiger partial charge in [-0.1, -0.05) is 29.8 Å². The minimum atomic E-state index is 0.168. The maximum absolute atomic E-state index is 5.97. The lowest BCUT2D eigenvalue weighted by molar-refractivity contribution is 0.478. The highest BCUT2D eigenvalue weighted by Gasteiger charge is 2.03. The van der Waals surface area contributed by atoms with Crippen LogP contribution in [0.3, 0.4) is 0 Å². The summed E-state index contributed by atoms with van der Waals surface area (Å²) in [5.41, 5.74) is 8.05.